The van der Waals surface area contributed by atoms with Crippen molar-refractivity contribution < 1.29 is 9.18 Å². The Morgan fingerprint density at radius 3 is 2.62 bits per heavy atom. The van der Waals surface area contributed by atoms with E-state index in [4.69, 9.17) is 23.8 Å². The van der Waals surface area contributed by atoms with Crippen molar-refractivity contribution in [1.29, 1.82) is 0 Å². The SMILES string of the molecule is Cc1c(Cl)cccc1-n1c(C)cc([C@H]2[C@@H](c3ccccn3)NC(=S)N2CCC(=O)Nc2ccccc2F)c1C. The topological polar surface area (TPSA) is 62.2 Å². The number of rotatable bonds is 7. The number of pyridine rings is 1. The van der Waals surface area contributed by atoms with Crippen LogP contribution in [0, 0.1) is 26.6 Å². The first-order valence-electron chi connectivity index (χ1n) is 12.7. The predicted octanol–water partition coefficient (Wildman–Crippen LogP) is 6.59. The zero-order valence-electron chi connectivity index (χ0n) is 21.9. The fourth-order valence-electron chi connectivity index (χ4n) is 5.28. The van der Waals surface area contributed by atoms with Gasteiger partial charge < -0.3 is 20.1 Å². The summed E-state index contributed by atoms with van der Waals surface area (Å²) in [6.45, 7) is 6.52. The monoisotopic (exact) mass is 561 g/mol. The Balaban J connectivity index is 1.50. The van der Waals surface area contributed by atoms with Crippen molar-refractivity contribution in [2.45, 2.75) is 39.3 Å². The molecule has 3 heterocycles. The number of nitrogens with zero attached hydrogens (tertiary/aromatic N) is 3. The highest BCUT2D eigenvalue weighted by Gasteiger charge is 2.41. The minimum Gasteiger partial charge on any atom is -0.352 e. The van der Waals surface area contributed by atoms with Crippen molar-refractivity contribution in [3.05, 3.63) is 112 Å². The van der Waals surface area contributed by atoms with Crippen LogP contribution in [-0.2, 0) is 4.79 Å². The maximum absolute atomic E-state index is 14.1. The zero-order chi connectivity index (χ0) is 27.7. The molecule has 0 radical (unpaired) electrons. The van der Waals surface area contributed by atoms with Crippen LogP contribution in [0.2, 0.25) is 5.02 Å². The van der Waals surface area contributed by atoms with Crippen LogP contribution in [0.3, 0.4) is 0 Å². The number of hydrogen-bond donors (Lipinski definition) is 2. The number of hydrogen-bond acceptors (Lipinski definition) is 3. The molecule has 2 atom stereocenters. The third-order valence-electron chi connectivity index (χ3n) is 7.19. The molecular formula is C30H29ClFN5OS. The molecule has 200 valence electrons. The van der Waals surface area contributed by atoms with E-state index in [1.54, 1.807) is 24.4 Å². The average Bonchev–Trinajstić information content (AvgIpc) is 3.40. The van der Waals surface area contributed by atoms with E-state index >= 15 is 0 Å². The number of benzene rings is 2. The summed E-state index contributed by atoms with van der Waals surface area (Å²) in [7, 11) is 0. The summed E-state index contributed by atoms with van der Waals surface area (Å²) in [4.78, 5) is 19.5. The third-order valence-corrected chi connectivity index (χ3v) is 7.96. The Hall–Kier alpha value is -3.75. The number of carbonyl (C=O) groups excluding carboxylic acids is 1. The third kappa shape index (κ3) is 5.27. The van der Waals surface area contributed by atoms with E-state index in [1.165, 1.54) is 6.07 Å². The highest BCUT2D eigenvalue weighted by Crippen LogP contribution is 2.42. The number of thiocarbonyl (C=S) groups is 1. The fourth-order valence-corrected chi connectivity index (χ4v) is 5.78. The highest BCUT2D eigenvalue weighted by atomic mass is 35.5. The molecule has 4 aromatic rings. The van der Waals surface area contributed by atoms with Crippen LogP contribution in [0.5, 0.6) is 0 Å². The van der Waals surface area contributed by atoms with Gasteiger partial charge in [0, 0.05) is 41.3 Å². The van der Waals surface area contributed by atoms with Crippen LogP contribution in [0.1, 0.15) is 46.7 Å². The first-order valence-corrected chi connectivity index (χ1v) is 13.5. The lowest BCUT2D eigenvalue weighted by molar-refractivity contribution is -0.116. The van der Waals surface area contributed by atoms with Gasteiger partial charge in [0.05, 0.1) is 23.5 Å². The maximum Gasteiger partial charge on any atom is 0.226 e. The van der Waals surface area contributed by atoms with E-state index < -0.39 is 5.82 Å². The molecule has 1 aliphatic heterocycles. The van der Waals surface area contributed by atoms with Gasteiger partial charge in [-0.25, -0.2) is 4.39 Å². The number of amides is 1. The lowest BCUT2D eigenvalue weighted by Crippen LogP contribution is -2.33. The van der Waals surface area contributed by atoms with Crippen molar-refractivity contribution in [1.82, 2.24) is 19.8 Å². The summed E-state index contributed by atoms with van der Waals surface area (Å²) < 4.78 is 16.3. The van der Waals surface area contributed by atoms with Gasteiger partial charge >= 0.3 is 0 Å². The molecule has 39 heavy (non-hydrogen) atoms. The van der Waals surface area contributed by atoms with E-state index in [0.29, 0.717) is 16.7 Å². The fraction of sp³-hybridized carbons (Fsp3) is 0.233. The number of anilines is 1. The summed E-state index contributed by atoms with van der Waals surface area (Å²) in [5, 5.41) is 7.36. The number of nitrogens with one attached hydrogen (secondary N) is 2. The molecule has 5 rings (SSSR count). The molecule has 1 amide bonds. The summed E-state index contributed by atoms with van der Waals surface area (Å²) in [5.74, 6) is -0.760. The molecule has 2 aromatic carbocycles. The predicted molar refractivity (Wildman–Crippen MR) is 157 cm³/mol. The van der Waals surface area contributed by atoms with Crippen LogP contribution >= 0.6 is 23.8 Å². The van der Waals surface area contributed by atoms with E-state index in [1.807, 2.05) is 42.2 Å². The molecule has 0 unspecified atom stereocenters. The van der Waals surface area contributed by atoms with Gasteiger partial charge in [0.1, 0.15) is 5.82 Å². The lowest BCUT2D eigenvalue weighted by atomic mass is 9.96. The molecule has 0 spiro atoms. The highest BCUT2D eigenvalue weighted by molar-refractivity contribution is 7.80. The largest absolute Gasteiger partial charge is 0.352 e. The van der Waals surface area contributed by atoms with Crippen molar-refractivity contribution in [3.8, 4) is 5.69 Å². The second kappa shape index (κ2) is 11.2. The second-order valence-corrected chi connectivity index (χ2v) is 10.4. The van der Waals surface area contributed by atoms with Gasteiger partial charge in [0.15, 0.2) is 5.11 Å². The van der Waals surface area contributed by atoms with Crippen LogP contribution < -0.4 is 10.6 Å². The quantitative estimate of drug-likeness (QED) is 0.249. The molecule has 1 fully saturated rings. The minimum atomic E-state index is -0.471. The van der Waals surface area contributed by atoms with Gasteiger partial charge in [0.2, 0.25) is 5.91 Å². The summed E-state index contributed by atoms with van der Waals surface area (Å²) in [6, 6.07) is 19.6. The number of aromatic nitrogens is 2. The Kier molecular flexibility index (Phi) is 7.68. The molecule has 1 saturated heterocycles. The molecular weight excluding hydrogens is 533 g/mol. The van der Waals surface area contributed by atoms with E-state index in [2.05, 4.69) is 46.2 Å². The molecule has 6 nitrogen and oxygen atoms in total. The van der Waals surface area contributed by atoms with Crippen LogP contribution in [0.25, 0.3) is 5.69 Å². The van der Waals surface area contributed by atoms with Gasteiger partial charge in [-0.3, -0.25) is 9.78 Å². The molecule has 2 aromatic heterocycles. The number of halogens is 2. The van der Waals surface area contributed by atoms with Crippen molar-refractivity contribution in [2.24, 2.45) is 0 Å². The molecule has 9 heteroatoms. The standard InChI is InChI=1S/C30H29ClFN5OS/c1-18-17-21(20(3)37(18)26-13-8-9-22(31)19(26)2)29-28(25-12-6-7-15-33-25)35-30(39)36(29)16-14-27(38)34-24-11-5-4-10-23(24)32/h4-13,15,17,28-29H,14,16H2,1-3H3,(H,34,38)(H,35,39)/t28-,29+/m1/s1. The normalized spacial score (nSPS) is 16.8. The molecule has 0 aliphatic carbocycles. The molecule has 1 aliphatic rings. The summed E-state index contributed by atoms with van der Waals surface area (Å²) in [6.07, 6.45) is 1.90. The van der Waals surface area contributed by atoms with Crippen LogP contribution in [-0.4, -0.2) is 32.0 Å². The van der Waals surface area contributed by atoms with Crippen molar-refractivity contribution in [3.63, 3.8) is 0 Å². The number of aryl methyl sites for hydroxylation is 1. The van der Waals surface area contributed by atoms with Gasteiger partial charge in [0.25, 0.3) is 0 Å². The Labute approximate surface area is 237 Å². The van der Waals surface area contributed by atoms with Gasteiger partial charge in [-0.2, -0.15) is 0 Å². The maximum atomic E-state index is 14.1. The van der Waals surface area contributed by atoms with Gasteiger partial charge in [-0.1, -0.05) is 35.9 Å². The lowest BCUT2D eigenvalue weighted by Gasteiger charge is -2.28. The molecule has 0 bridgehead atoms. The Morgan fingerprint density at radius 1 is 1.10 bits per heavy atom. The first kappa shape index (κ1) is 26.8. The van der Waals surface area contributed by atoms with E-state index in [-0.39, 0.29) is 30.1 Å². The summed E-state index contributed by atoms with van der Waals surface area (Å²) in [5.41, 5.74) is 6.21. The van der Waals surface area contributed by atoms with Crippen molar-refractivity contribution in [2.75, 3.05) is 11.9 Å². The zero-order valence-corrected chi connectivity index (χ0v) is 23.5. The first-order chi connectivity index (χ1) is 18.8. The Bertz CT molecular complexity index is 1540. The Morgan fingerprint density at radius 2 is 1.87 bits per heavy atom. The average molecular weight is 562 g/mol. The van der Waals surface area contributed by atoms with Crippen LogP contribution in [0.4, 0.5) is 10.1 Å². The number of carbonyl (C=O) groups is 1. The number of para-hydroxylation sites is 1. The van der Waals surface area contributed by atoms with Crippen LogP contribution in [0.15, 0.2) is 72.9 Å². The van der Waals surface area contributed by atoms with Gasteiger partial charge in [-0.05, 0) is 86.6 Å². The molecule has 2 N–H and O–H groups in total. The molecule has 0 saturated carbocycles. The van der Waals surface area contributed by atoms with Gasteiger partial charge in [-0.15, -0.1) is 0 Å². The smallest absolute Gasteiger partial charge is 0.226 e. The summed E-state index contributed by atoms with van der Waals surface area (Å²) >= 11 is 12.3. The minimum absolute atomic E-state index is 0.133. The van der Waals surface area contributed by atoms with E-state index in [0.717, 1.165) is 33.9 Å². The van der Waals surface area contributed by atoms with Crippen molar-refractivity contribution >= 4 is 40.5 Å². The second-order valence-electron chi connectivity index (χ2n) is 9.64. The van der Waals surface area contributed by atoms with E-state index in [9.17, 15) is 9.18 Å².